The Bertz CT molecular complexity index is 547. The van der Waals surface area contributed by atoms with Gasteiger partial charge < -0.3 is 10.1 Å². The number of nitrogens with one attached hydrogen (secondary N) is 1. The molecule has 0 radical (unpaired) electrons. The van der Waals surface area contributed by atoms with Crippen molar-refractivity contribution in [3.8, 4) is 5.75 Å². The van der Waals surface area contributed by atoms with Gasteiger partial charge in [-0.3, -0.25) is 9.59 Å². The Hall–Kier alpha value is -1.91. The van der Waals surface area contributed by atoms with Crippen LogP contribution in [0.15, 0.2) is 18.3 Å². The molecule has 1 aromatic rings. The molecule has 106 valence electrons. The van der Waals surface area contributed by atoms with E-state index < -0.39 is 6.10 Å². The number of hydrogen-bond donors (Lipinski definition) is 1. The molecule has 1 unspecified atom stereocenters. The molecule has 3 rings (SSSR count). The van der Waals surface area contributed by atoms with Crippen molar-refractivity contribution in [1.29, 1.82) is 0 Å². The molecule has 1 N–H and O–H groups in total. The van der Waals surface area contributed by atoms with Crippen molar-refractivity contribution in [3.05, 3.63) is 24.0 Å². The molecular weight excluding hydrogens is 256 g/mol. The molecule has 1 saturated heterocycles. The number of pyridine rings is 1. The van der Waals surface area contributed by atoms with Crippen molar-refractivity contribution in [3.63, 3.8) is 0 Å². The maximum atomic E-state index is 11.9. The fourth-order valence-corrected chi connectivity index (χ4v) is 2.35. The van der Waals surface area contributed by atoms with E-state index >= 15 is 0 Å². The molecule has 2 aliphatic rings. The normalized spacial score (nSPS) is 24.3. The van der Waals surface area contributed by atoms with Gasteiger partial charge in [0, 0.05) is 17.9 Å². The van der Waals surface area contributed by atoms with Crippen molar-refractivity contribution in [2.75, 3.05) is 6.54 Å². The van der Waals surface area contributed by atoms with Crippen molar-refractivity contribution in [1.82, 2.24) is 10.3 Å². The maximum absolute atomic E-state index is 11.9. The summed E-state index contributed by atoms with van der Waals surface area (Å²) in [5, 5.41) is 2.79. The number of nitrogens with zero attached hydrogens (tertiary/aromatic N) is 1. The molecule has 1 saturated carbocycles. The van der Waals surface area contributed by atoms with Gasteiger partial charge in [-0.15, -0.1) is 0 Å². The number of ether oxygens (including phenoxy) is 1. The molecule has 1 aliphatic heterocycles. The van der Waals surface area contributed by atoms with E-state index in [0.29, 0.717) is 18.0 Å². The lowest BCUT2D eigenvalue weighted by atomic mass is 9.90. The molecule has 2 heterocycles. The van der Waals surface area contributed by atoms with Gasteiger partial charge in [0.05, 0.1) is 6.20 Å². The van der Waals surface area contributed by atoms with Gasteiger partial charge in [-0.1, -0.05) is 13.8 Å². The van der Waals surface area contributed by atoms with Gasteiger partial charge in [-0.2, -0.15) is 0 Å². The number of amides is 1. The molecule has 1 amide bonds. The predicted molar refractivity (Wildman–Crippen MR) is 72.5 cm³/mol. The van der Waals surface area contributed by atoms with E-state index in [0.717, 1.165) is 12.8 Å². The zero-order valence-corrected chi connectivity index (χ0v) is 11.7. The van der Waals surface area contributed by atoms with Crippen LogP contribution in [0.25, 0.3) is 0 Å². The summed E-state index contributed by atoms with van der Waals surface area (Å²) in [4.78, 5) is 27.8. The number of hydrogen-bond acceptors (Lipinski definition) is 4. The van der Waals surface area contributed by atoms with Gasteiger partial charge in [0.15, 0.2) is 11.9 Å². The predicted octanol–water partition coefficient (Wildman–Crippen LogP) is 1.58. The van der Waals surface area contributed by atoms with Crippen LogP contribution in [-0.2, 0) is 4.79 Å². The number of ketones is 1. The van der Waals surface area contributed by atoms with Crippen LogP contribution in [0.2, 0.25) is 0 Å². The number of carbonyl (C=O) groups is 2. The van der Waals surface area contributed by atoms with E-state index in [1.165, 1.54) is 6.20 Å². The molecule has 0 bridgehead atoms. The highest BCUT2D eigenvalue weighted by atomic mass is 16.5. The standard InChI is InChI=1S/C15H18N2O3/c1-15(2)8-17-14(19)13(15)20-10-5-6-11(16-7-10)12(18)9-3-4-9/h5-7,9,13H,3-4,8H2,1-2H3,(H,17,19). The first-order valence-corrected chi connectivity index (χ1v) is 6.92. The maximum Gasteiger partial charge on any atom is 0.261 e. The average Bonchev–Trinajstić information content (AvgIpc) is 3.23. The van der Waals surface area contributed by atoms with Crippen LogP contribution in [-0.4, -0.2) is 29.3 Å². The first-order chi connectivity index (χ1) is 9.47. The highest BCUT2D eigenvalue weighted by molar-refractivity contribution is 5.97. The Morgan fingerprint density at radius 3 is 2.65 bits per heavy atom. The van der Waals surface area contributed by atoms with Crippen LogP contribution >= 0.6 is 0 Å². The molecule has 0 spiro atoms. The lowest BCUT2D eigenvalue weighted by molar-refractivity contribution is -0.126. The molecule has 1 aromatic heterocycles. The summed E-state index contributed by atoms with van der Waals surface area (Å²) in [6.07, 6.45) is 2.94. The summed E-state index contributed by atoms with van der Waals surface area (Å²) < 4.78 is 5.73. The smallest absolute Gasteiger partial charge is 0.261 e. The molecule has 0 aromatic carbocycles. The highest BCUT2D eigenvalue weighted by Crippen LogP contribution is 2.33. The second kappa shape index (κ2) is 4.58. The summed E-state index contributed by atoms with van der Waals surface area (Å²) in [6, 6.07) is 3.39. The van der Waals surface area contributed by atoms with E-state index in [1.807, 2.05) is 13.8 Å². The fourth-order valence-electron chi connectivity index (χ4n) is 2.35. The van der Waals surface area contributed by atoms with Crippen LogP contribution in [0.4, 0.5) is 0 Å². The van der Waals surface area contributed by atoms with Gasteiger partial charge in [0.25, 0.3) is 5.91 Å². The largest absolute Gasteiger partial charge is 0.478 e. The summed E-state index contributed by atoms with van der Waals surface area (Å²) >= 11 is 0. The second-order valence-electron chi connectivity index (χ2n) is 6.22. The van der Waals surface area contributed by atoms with E-state index in [9.17, 15) is 9.59 Å². The zero-order chi connectivity index (χ0) is 14.3. The van der Waals surface area contributed by atoms with Crippen LogP contribution in [0.1, 0.15) is 37.2 Å². The third kappa shape index (κ3) is 2.40. The van der Waals surface area contributed by atoms with Crippen LogP contribution in [0, 0.1) is 11.3 Å². The Morgan fingerprint density at radius 2 is 2.15 bits per heavy atom. The van der Waals surface area contributed by atoms with Crippen molar-refractivity contribution < 1.29 is 14.3 Å². The third-order valence-corrected chi connectivity index (χ3v) is 3.86. The molecule has 2 fully saturated rings. The lowest BCUT2D eigenvalue weighted by Crippen LogP contribution is -2.36. The third-order valence-electron chi connectivity index (χ3n) is 3.86. The molecule has 20 heavy (non-hydrogen) atoms. The van der Waals surface area contributed by atoms with Gasteiger partial charge in [-0.25, -0.2) is 4.98 Å². The lowest BCUT2D eigenvalue weighted by Gasteiger charge is -2.24. The molecular formula is C15H18N2O3. The first-order valence-electron chi connectivity index (χ1n) is 6.92. The Kier molecular flexibility index (Phi) is 3.00. The minimum Gasteiger partial charge on any atom is -0.478 e. The number of carbonyl (C=O) groups excluding carboxylic acids is 2. The summed E-state index contributed by atoms with van der Waals surface area (Å²) in [6.45, 7) is 4.56. The molecule has 5 heteroatoms. The van der Waals surface area contributed by atoms with E-state index in [2.05, 4.69) is 10.3 Å². The van der Waals surface area contributed by atoms with Gasteiger partial charge in [0.1, 0.15) is 11.4 Å². The number of aromatic nitrogens is 1. The van der Waals surface area contributed by atoms with Crippen LogP contribution in [0.5, 0.6) is 5.75 Å². The Labute approximate surface area is 117 Å². The van der Waals surface area contributed by atoms with Gasteiger partial charge in [-0.05, 0) is 25.0 Å². The minimum absolute atomic E-state index is 0.104. The van der Waals surface area contributed by atoms with Crippen molar-refractivity contribution in [2.45, 2.75) is 32.8 Å². The van der Waals surface area contributed by atoms with E-state index in [1.54, 1.807) is 12.1 Å². The highest BCUT2D eigenvalue weighted by Gasteiger charge is 2.43. The van der Waals surface area contributed by atoms with Crippen molar-refractivity contribution >= 4 is 11.7 Å². The zero-order valence-electron chi connectivity index (χ0n) is 11.7. The minimum atomic E-state index is -0.519. The monoisotopic (exact) mass is 274 g/mol. The second-order valence-corrected chi connectivity index (χ2v) is 6.22. The number of Topliss-reactive ketones (excluding diaryl/α,β-unsaturated/α-hetero) is 1. The van der Waals surface area contributed by atoms with Crippen molar-refractivity contribution in [2.24, 2.45) is 11.3 Å². The topological polar surface area (TPSA) is 68.3 Å². The van der Waals surface area contributed by atoms with Gasteiger partial charge >= 0.3 is 0 Å². The summed E-state index contributed by atoms with van der Waals surface area (Å²) in [7, 11) is 0. The molecule has 1 aliphatic carbocycles. The van der Waals surface area contributed by atoms with Gasteiger partial charge in [0.2, 0.25) is 0 Å². The fraction of sp³-hybridized carbons (Fsp3) is 0.533. The summed E-state index contributed by atoms with van der Waals surface area (Å²) in [5.41, 5.74) is 0.231. The Morgan fingerprint density at radius 1 is 1.40 bits per heavy atom. The van der Waals surface area contributed by atoms with Crippen LogP contribution < -0.4 is 10.1 Å². The quantitative estimate of drug-likeness (QED) is 0.846. The van der Waals surface area contributed by atoms with Crippen LogP contribution in [0.3, 0.4) is 0 Å². The number of rotatable bonds is 4. The molecule has 1 atom stereocenters. The average molecular weight is 274 g/mol. The van der Waals surface area contributed by atoms with E-state index in [4.69, 9.17) is 4.74 Å². The Balaban J connectivity index is 1.72. The van der Waals surface area contributed by atoms with E-state index in [-0.39, 0.29) is 23.0 Å². The summed E-state index contributed by atoms with van der Waals surface area (Å²) in [5.74, 6) is 0.685. The first kappa shape index (κ1) is 13.1. The molecule has 5 nitrogen and oxygen atoms in total. The SMILES string of the molecule is CC1(C)CNC(=O)C1Oc1ccc(C(=O)C2CC2)nc1.